The molecule has 1 N–H and O–H groups in total. The van der Waals surface area contributed by atoms with Crippen molar-refractivity contribution in [3.05, 3.63) is 28.2 Å². The highest BCUT2D eigenvalue weighted by Crippen LogP contribution is 2.25. The number of rotatable bonds is 5. The first-order valence-electron chi connectivity index (χ1n) is 4.32. The van der Waals surface area contributed by atoms with E-state index < -0.39 is 12.8 Å². The summed E-state index contributed by atoms with van der Waals surface area (Å²) in [6.45, 7) is -0.920. The SMILES string of the molecule is O=C(O)CCc1ccc(Br)cc1OCF. The third-order valence-corrected chi connectivity index (χ3v) is 2.34. The van der Waals surface area contributed by atoms with E-state index in [1.807, 2.05) is 0 Å². The fourth-order valence-corrected chi connectivity index (χ4v) is 1.51. The molecule has 5 heteroatoms. The summed E-state index contributed by atoms with van der Waals surface area (Å²) in [5, 5.41) is 8.53. The first-order chi connectivity index (χ1) is 7.13. The van der Waals surface area contributed by atoms with Crippen LogP contribution in [0.2, 0.25) is 0 Å². The summed E-state index contributed by atoms with van der Waals surface area (Å²) in [5.41, 5.74) is 0.693. The van der Waals surface area contributed by atoms with Gasteiger partial charge < -0.3 is 9.84 Å². The van der Waals surface area contributed by atoms with Crippen LogP contribution in [-0.4, -0.2) is 17.9 Å². The van der Waals surface area contributed by atoms with Crippen molar-refractivity contribution >= 4 is 21.9 Å². The van der Waals surface area contributed by atoms with E-state index in [1.54, 1.807) is 18.2 Å². The van der Waals surface area contributed by atoms with Crippen molar-refractivity contribution in [1.29, 1.82) is 0 Å². The molecule has 0 radical (unpaired) electrons. The van der Waals surface area contributed by atoms with Gasteiger partial charge in [-0.25, -0.2) is 4.39 Å². The number of hydrogen-bond donors (Lipinski definition) is 1. The van der Waals surface area contributed by atoms with Gasteiger partial charge in [-0.2, -0.15) is 0 Å². The summed E-state index contributed by atoms with van der Waals surface area (Å²) in [4.78, 5) is 10.4. The van der Waals surface area contributed by atoms with E-state index in [4.69, 9.17) is 9.84 Å². The number of benzene rings is 1. The van der Waals surface area contributed by atoms with Gasteiger partial charge in [0, 0.05) is 10.9 Å². The van der Waals surface area contributed by atoms with Gasteiger partial charge in [-0.05, 0) is 24.1 Å². The lowest BCUT2D eigenvalue weighted by atomic mass is 10.1. The first-order valence-corrected chi connectivity index (χ1v) is 5.11. The molecule has 1 rings (SSSR count). The van der Waals surface area contributed by atoms with Crippen LogP contribution < -0.4 is 4.74 Å². The molecule has 0 fully saturated rings. The standard InChI is InChI=1S/C10H10BrFO3/c11-8-3-1-7(2-4-10(13)14)9(5-8)15-6-12/h1,3,5H,2,4,6H2,(H,13,14). The predicted molar refractivity (Wildman–Crippen MR) is 56.7 cm³/mol. The fourth-order valence-electron chi connectivity index (χ4n) is 1.17. The van der Waals surface area contributed by atoms with Gasteiger partial charge in [0.1, 0.15) is 5.75 Å². The highest BCUT2D eigenvalue weighted by molar-refractivity contribution is 9.10. The third kappa shape index (κ3) is 3.87. The number of halogens is 2. The summed E-state index contributed by atoms with van der Waals surface area (Å²) < 4.78 is 17.6. The quantitative estimate of drug-likeness (QED) is 0.900. The van der Waals surface area contributed by atoms with Gasteiger partial charge in [0.05, 0.1) is 0 Å². The Hall–Kier alpha value is -1.10. The Labute approximate surface area is 95.0 Å². The zero-order valence-corrected chi connectivity index (χ0v) is 9.46. The Kier molecular flexibility index (Phi) is 4.55. The first kappa shape index (κ1) is 12.0. The number of hydrogen-bond acceptors (Lipinski definition) is 2. The maximum atomic E-state index is 12.0. The number of ether oxygens (including phenoxy) is 1. The van der Waals surface area contributed by atoms with E-state index in [-0.39, 0.29) is 6.42 Å². The molecule has 0 heterocycles. The zero-order chi connectivity index (χ0) is 11.3. The molecular formula is C10H10BrFO3. The molecule has 1 aromatic carbocycles. The molecular weight excluding hydrogens is 267 g/mol. The second-order valence-corrected chi connectivity index (χ2v) is 3.81. The Bertz CT molecular complexity index is 355. The van der Waals surface area contributed by atoms with Gasteiger partial charge in [-0.15, -0.1) is 0 Å². The Morgan fingerprint density at radius 2 is 2.27 bits per heavy atom. The van der Waals surface area contributed by atoms with Gasteiger partial charge in [-0.1, -0.05) is 22.0 Å². The number of alkyl halides is 1. The molecule has 82 valence electrons. The van der Waals surface area contributed by atoms with Crippen molar-refractivity contribution in [2.45, 2.75) is 12.8 Å². The summed E-state index contributed by atoms with van der Waals surface area (Å²) in [6.07, 6.45) is 0.336. The molecule has 0 bridgehead atoms. The molecule has 0 saturated carbocycles. The largest absolute Gasteiger partial charge is 0.481 e. The van der Waals surface area contributed by atoms with Crippen LogP contribution in [0, 0.1) is 0 Å². The van der Waals surface area contributed by atoms with Crippen LogP contribution in [0.1, 0.15) is 12.0 Å². The minimum Gasteiger partial charge on any atom is -0.481 e. The summed E-state index contributed by atoms with van der Waals surface area (Å²) in [7, 11) is 0. The van der Waals surface area contributed by atoms with Crippen molar-refractivity contribution in [3.63, 3.8) is 0 Å². The predicted octanol–water partition coefficient (Wildman–Crippen LogP) is 2.77. The maximum absolute atomic E-state index is 12.0. The van der Waals surface area contributed by atoms with Crippen molar-refractivity contribution in [1.82, 2.24) is 0 Å². The van der Waals surface area contributed by atoms with Gasteiger partial charge in [0.15, 0.2) is 0 Å². The lowest BCUT2D eigenvalue weighted by molar-refractivity contribution is -0.136. The van der Waals surface area contributed by atoms with E-state index in [0.717, 1.165) is 4.47 Å². The number of aliphatic carboxylic acids is 1. The highest BCUT2D eigenvalue weighted by atomic mass is 79.9. The maximum Gasteiger partial charge on any atom is 0.303 e. The molecule has 0 spiro atoms. The van der Waals surface area contributed by atoms with Crippen LogP contribution in [-0.2, 0) is 11.2 Å². The molecule has 0 atom stereocenters. The van der Waals surface area contributed by atoms with Crippen LogP contribution >= 0.6 is 15.9 Å². The molecule has 0 aliphatic carbocycles. The number of carboxylic acids is 1. The molecule has 3 nitrogen and oxygen atoms in total. The molecule has 0 unspecified atom stereocenters. The second-order valence-electron chi connectivity index (χ2n) is 2.90. The average Bonchev–Trinajstić information content (AvgIpc) is 2.17. The third-order valence-electron chi connectivity index (χ3n) is 1.85. The van der Waals surface area contributed by atoms with Crippen LogP contribution in [0.15, 0.2) is 22.7 Å². The van der Waals surface area contributed by atoms with Gasteiger partial charge >= 0.3 is 5.97 Å². The molecule has 0 aliphatic heterocycles. The van der Waals surface area contributed by atoms with Gasteiger partial charge in [0.25, 0.3) is 0 Å². The molecule has 15 heavy (non-hydrogen) atoms. The highest BCUT2D eigenvalue weighted by Gasteiger charge is 2.06. The fraction of sp³-hybridized carbons (Fsp3) is 0.300. The van der Waals surface area contributed by atoms with E-state index in [1.165, 1.54) is 0 Å². The van der Waals surface area contributed by atoms with Crippen LogP contribution in [0.3, 0.4) is 0 Å². The molecule has 0 saturated heterocycles. The monoisotopic (exact) mass is 276 g/mol. The van der Waals surface area contributed by atoms with Crippen molar-refractivity contribution in [2.75, 3.05) is 6.86 Å². The molecule has 0 amide bonds. The molecule has 0 aliphatic rings. The van der Waals surface area contributed by atoms with E-state index in [9.17, 15) is 9.18 Å². The van der Waals surface area contributed by atoms with Crippen LogP contribution in [0.25, 0.3) is 0 Å². The normalized spacial score (nSPS) is 10.0. The summed E-state index contributed by atoms with van der Waals surface area (Å²) in [6, 6.07) is 5.11. The average molecular weight is 277 g/mol. The van der Waals surface area contributed by atoms with Gasteiger partial charge in [-0.3, -0.25) is 4.79 Å². The van der Waals surface area contributed by atoms with Crippen molar-refractivity contribution in [2.24, 2.45) is 0 Å². The number of carboxylic acid groups (broad SMARTS) is 1. The minimum atomic E-state index is -0.920. The van der Waals surface area contributed by atoms with E-state index in [0.29, 0.717) is 17.7 Å². The topological polar surface area (TPSA) is 46.5 Å². The smallest absolute Gasteiger partial charge is 0.303 e. The second kappa shape index (κ2) is 5.70. The van der Waals surface area contributed by atoms with E-state index >= 15 is 0 Å². The molecule has 0 aromatic heterocycles. The van der Waals surface area contributed by atoms with Crippen molar-refractivity contribution < 1.29 is 19.0 Å². The van der Waals surface area contributed by atoms with Gasteiger partial charge in [0.2, 0.25) is 6.86 Å². The summed E-state index contributed by atoms with van der Waals surface area (Å²) in [5.74, 6) is -0.503. The Morgan fingerprint density at radius 3 is 2.87 bits per heavy atom. The number of aryl methyl sites for hydroxylation is 1. The van der Waals surface area contributed by atoms with Crippen LogP contribution in [0.5, 0.6) is 5.75 Å². The minimum absolute atomic E-state index is 0.00424. The van der Waals surface area contributed by atoms with Crippen molar-refractivity contribution in [3.8, 4) is 5.75 Å². The molecule has 1 aromatic rings. The lowest BCUT2D eigenvalue weighted by Gasteiger charge is -2.08. The zero-order valence-electron chi connectivity index (χ0n) is 7.87. The number of carbonyl (C=O) groups is 1. The Balaban J connectivity index is 2.80. The van der Waals surface area contributed by atoms with Crippen LogP contribution in [0.4, 0.5) is 4.39 Å². The van der Waals surface area contributed by atoms with E-state index in [2.05, 4.69) is 15.9 Å². The Morgan fingerprint density at radius 1 is 1.53 bits per heavy atom. The lowest BCUT2D eigenvalue weighted by Crippen LogP contribution is -2.00. The summed E-state index contributed by atoms with van der Waals surface area (Å²) >= 11 is 3.23.